The lowest BCUT2D eigenvalue weighted by Gasteiger charge is -2.24. The number of fused-ring (bicyclic) bond motifs is 1. The Morgan fingerprint density at radius 3 is 2.89 bits per heavy atom. The Morgan fingerprint density at radius 2 is 2.11 bits per heavy atom. The van der Waals surface area contributed by atoms with Crippen molar-refractivity contribution in [2.45, 2.75) is 25.3 Å². The summed E-state index contributed by atoms with van der Waals surface area (Å²) in [5, 5.41) is 4.29. The van der Waals surface area contributed by atoms with Crippen molar-refractivity contribution in [1.82, 2.24) is 0 Å². The molecule has 0 fully saturated rings. The number of hydrogen-bond acceptors (Lipinski definition) is 2. The number of aryl methyl sites for hydroxylation is 1. The first-order valence-electron chi connectivity index (χ1n) is 6.13. The highest BCUT2D eigenvalue weighted by molar-refractivity contribution is 9.10. The summed E-state index contributed by atoms with van der Waals surface area (Å²) in [6, 6.07) is 8.39. The van der Waals surface area contributed by atoms with Gasteiger partial charge in [-0.25, -0.2) is 0 Å². The molecule has 1 N–H and O–H groups in total. The zero-order valence-electron chi connectivity index (χ0n) is 10.1. The van der Waals surface area contributed by atoms with E-state index in [-0.39, 0.29) is 0 Å². The van der Waals surface area contributed by atoms with Crippen molar-refractivity contribution in [2.75, 3.05) is 5.32 Å². The van der Waals surface area contributed by atoms with E-state index in [9.17, 15) is 0 Å². The summed E-state index contributed by atoms with van der Waals surface area (Å²) >= 11 is 17.4. The van der Waals surface area contributed by atoms with Gasteiger partial charge in [-0.1, -0.05) is 23.2 Å². The van der Waals surface area contributed by atoms with Crippen LogP contribution in [0.2, 0.25) is 9.36 Å². The molecule has 1 aliphatic carbocycles. The molecule has 1 nitrogen and oxygen atoms in total. The summed E-state index contributed by atoms with van der Waals surface area (Å²) in [4.78, 5) is 1.41. The number of benzene rings is 1. The lowest BCUT2D eigenvalue weighted by atomic mass is 9.94. The Bertz CT molecular complexity index is 611. The predicted octanol–water partition coefficient (Wildman–Crippen LogP) is 6.31. The number of halogens is 3. The molecule has 1 unspecified atom stereocenters. The van der Waals surface area contributed by atoms with Crippen molar-refractivity contribution in [3.8, 4) is 0 Å². The van der Waals surface area contributed by atoms with Crippen molar-refractivity contribution >= 4 is 56.2 Å². The maximum absolute atomic E-state index is 6.13. The molecule has 19 heavy (non-hydrogen) atoms. The van der Waals surface area contributed by atoms with E-state index in [1.54, 1.807) is 11.3 Å². The fraction of sp³-hybridized carbons (Fsp3) is 0.286. The standard InChI is InChI=1S/C14H12BrCl2NS/c15-10-5-4-8(6-11(10)16)18-12-2-1-3-13-9(12)7-14(17)19-13/h4-7,12,18H,1-3H2. The van der Waals surface area contributed by atoms with Crippen molar-refractivity contribution in [3.05, 3.63) is 48.5 Å². The highest BCUT2D eigenvalue weighted by Gasteiger charge is 2.22. The minimum absolute atomic E-state index is 0.338. The second kappa shape index (κ2) is 5.65. The molecule has 0 saturated carbocycles. The van der Waals surface area contributed by atoms with Crippen molar-refractivity contribution in [1.29, 1.82) is 0 Å². The van der Waals surface area contributed by atoms with Crippen LogP contribution in [-0.4, -0.2) is 0 Å². The van der Waals surface area contributed by atoms with Crippen molar-refractivity contribution in [3.63, 3.8) is 0 Å². The number of thiophene rings is 1. The molecular formula is C14H12BrCl2NS. The van der Waals surface area contributed by atoms with Gasteiger partial charge in [0.25, 0.3) is 0 Å². The minimum atomic E-state index is 0.338. The second-order valence-electron chi connectivity index (χ2n) is 4.65. The van der Waals surface area contributed by atoms with Crippen LogP contribution in [0.25, 0.3) is 0 Å². The quantitative estimate of drug-likeness (QED) is 0.647. The zero-order chi connectivity index (χ0) is 13.4. The highest BCUT2D eigenvalue weighted by atomic mass is 79.9. The number of nitrogens with one attached hydrogen (secondary N) is 1. The Morgan fingerprint density at radius 1 is 1.26 bits per heavy atom. The molecule has 3 rings (SSSR count). The first-order valence-corrected chi connectivity index (χ1v) is 8.50. The molecule has 0 aliphatic heterocycles. The fourth-order valence-electron chi connectivity index (χ4n) is 2.46. The van der Waals surface area contributed by atoms with Crippen LogP contribution >= 0.6 is 50.5 Å². The van der Waals surface area contributed by atoms with Crippen LogP contribution < -0.4 is 5.32 Å². The summed E-state index contributed by atoms with van der Waals surface area (Å²) < 4.78 is 1.80. The molecule has 1 heterocycles. The lowest BCUT2D eigenvalue weighted by molar-refractivity contribution is 0.609. The maximum Gasteiger partial charge on any atom is 0.0934 e. The third-order valence-electron chi connectivity index (χ3n) is 3.34. The maximum atomic E-state index is 6.13. The average Bonchev–Trinajstić information content (AvgIpc) is 2.75. The van der Waals surface area contributed by atoms with E-state index >= 15 is 0 Å². The molecule has 0 saturated heterocycles. The van der Waals surface area contributed by atoms with Gasteiger partial charge < -0.3 is 5.32 Å². The van der Waals surface area contributed by atoms with E-state index in [4.69, 9.17) is 23.2 Å². The first-order chi connectivity index (χ1) is 9.13. The molecule has 0 bridgehead atoms. The SMILES string of the molecule is Clc1cc2c(s1)CCCC2Nc1ccc(Br)c(Cl)c1. The molecule has 0 amide bonds. The Kier molecular flexibility index (Phi) is 4.08. The molecular weight excluding hydrogens is 365 g/mol. The van der Waals surface area contributed by atoms with Gasteiger partial charge in [-0.15, -0.1) is 11.3 Å². The molecule has 1 atom stereocenters. The van der Waals surface area contributed by atoms with E-state index in [1.807, 2.05) is 18.2 Å². The number of anilines is 1. The Hall–Kier alpha value is -0.220. The monoisotopic (exact) mass is 375 g/mol. The van der Waals surface area contributed by atoms with E-state index in [2.05, 4.69) is 27.3 Å². The zero-order valence-corrected chi connectivity index (χ0v) is 14.0. The van der Waals surface area contributed by atoms with Crippen LogP contribution in [0.4, 0.5) is 5.69 Å². The fourth-order valence-corrected chi connectivity index (χ4v) is 4.27. The van der Waals surface area contributed by atoms with Gasteiger partial charge in [0.15, 0.2) is 0 Å². The van der Waals surface area contributed by atoms with Crippen LogP contribution in [0.3, 0.4) is 0 Å². The lowest BCUT2D eigenvalue weighted by Crippen LogP contribution is -2.15. The van der Waals surface area contributed by atoms with E-state index in [1.165, 1.54) is 16.9 Å². The molecule has 100 valence electrons. The van der Waals surface area contributed by atoms with Gasteiger partial charge in [0.2, 0.25) is 0 Å². The van der Waals surface area contributed by atoms with Gasteiger partial charge in [-0.2, -0.15) is 0 Å². The van der Waals surface area contributed by atoms with Gasteiger partial charge in [0.05, 0.1) is 15.4 Å². The predicted molar refractivity (Wildman–Crippen MR) is 87.8 cm³/mol. The molecule has 5 heteroatoms. The Labute approximate surface area is 135 Å². The van der Waals surface area contributed by atoms with Gasteiger partial charge in [0, 0.05) is 15.0 Å². The third-order valence-corrected chi connectivity index (χ3v) is 5.92. The largest absolute Gasteiger partial charge is 0.378 e. The normalized spacial score (nSPS) is 18.2. The molecule has 1 aromatic carbocycles. The van der Waals surface area contributed by atoms with Gasteiger partial charge >= 0.3 is 0 Å². The summed E-state index contributed by atoms with van der Waals surface area (Å²) in [6.07, 6.45) is 3.48. The average molecular weight is 377 g/mol. The minimum Gasteiger partial charge on any atom is -0.378 e. The summed E-state index contributed by atoms with van der Waals surface area (Å²) in [5.41, 5.74) is 2.40. The van der Waals surface area contributed by atoms with E-state index in [0.29, 0.717) is 6.04 Å². The number of rotatable bonds is 2. The third kappa shape index (κ3) is 2.94. The van der Waals surface area contributed by atoms with Crippen LogP contribution in [0.1, 0.15) is 29.3 Å². The van der Waals surface area contributed by atoms with Crippen molar-refractivity contribution < 1.29 is 0 Å². The summed E-state index contributed by atoms with van der Waals surface area (Å²) in [7, 11) is 0. The second-order valence-corrected chi connectivity index (χ2v) is 7.68. The smallest absolute Gasteiger partial charge is 0.0934 e. The van der Waals surface area contributed by atoms with Crippen LogP contribution in [0.5, 0.6) is 0 Å². The van der Waals surface area contributed by atoms with Gasteiger partial charge in [-0.05, 0) is 65.0 Å². The van der Waals surface area contributed by atoms with E-state index in [0.717, 1.165) is 32.4 Å². The molecule has 0 spiro atoms. The van der Waals surface area contributed by atoms with E-state index < -0.39 is 0 Å². The van der Waals surface area contributed by atoms with Gasteiger partial charge in [-0.3, -0.25) is 0 Å². The van der Waals surface area contributed by atoms with Crippen LogP contribution in [0, 0.1) is 0 Å². The number of hydrogen-bond donors (Lipinski definition) is 1. The van der Waals surface area contributed by atoms with Crippen LogP contribution in [0.15, 0.2) is 28.7 Å². The van der Waals surface area contributed by atoms with Crippen LogP contribution in [-0.2, 0) is 6.42 Å². The topological polar surface area (TPSA) is 12.0 Å². The first kappa shape index (κ1) is 13.7. The molecule has 1 aromatic heterocycles. The highest BCUT2D eigenvalue weighted by Crippen LogP contribution is 2.39. The Balaban J connectivity index is 1.86. The molecule has 0 radical (unpaired) electrons. The molecule has 2 aromatic rings. The summed E-state index contributed by atoms with van der Waals surface area (Å²) in [5.74, 6) is 0. The summed E-state index contributed by atoms with van der Waals surface area (Å²) in [6.45, 7) is 0. The molecule has 1 aliphatic rings. The van der Waals surface area contributed by atoms with Gasteiger partial charge in [0.1, 0.15) is 0 Å². The van der Waals surface area contributed by atoms with Crippen molar-refractivity contribution in [2.24, 2.45) is 0 Å².